The third-order valence-electron chi connectivity index (χ3n) is 4.22. The van der Waals surface area contributed by atoms with Gasteiger partial charge in [-0.15, -0.1) is 0 Å². The zero-order valence-corrected chi connectivity index (χ0v) is 13.5. The molecule has 112 valence electrons. The van der Waals surface area contributed by atoms with Gasteiger partial charge in [-0.2, -0.15) is 0 Å². The number of fused-ring (bicyclic) bond motifs is 1. The van der Waals surface area contributed by atoms with Crippen molar-refractivity contribution in [1.29, 1.82) is 0 Å². The number of hydrogen-bond donors (Lipinski definition) is 0. The number of nitrogens with zero attached hydrogens (tertiary/aromatic N) is 2. The number of rotatable bonds is 4. The van der Waals surface area contributed by atoms with E-state index in [1.807, 2.05) is 6.07 Å². The molecule has 1 aromatic heterocycles. The van der Waals surface area contributed by atoms with Crippen LogP contribution in [0.1, 0.15) is 19.4 Å². The van der Waals surface area contributed by atoms with E-state index in [4.69, 9.17) is 4.98 Å². The van der Waals surface area contributed by atoms with Crippen molar-refractivity contribution in [3.63, 3.8) is 0 Å². The van der Waals surface area contributed by atoms with Gasteiger partial charge < -0.3 is 4.90 Å². The van der Waals surface area contributed by atoms with Crippen molar-refractivity contribution >= 4 is 16.6 Å². The quantitative estimate of drug-likeness (QED) is 0.668. The summed E-state index contributed by atoms with van der Waals surface area (Å²) in [6.07, 6.45) is 0. The summed E-state index contributed by atoms with van der Waals surface area (Å²) in [5.41, 5.74) is 5.84. The number of aromatic nitrogens is 1. The maximum atomic E-state index is 4.84. The van der Waals surface area contributed by atoms with E-state index in [9.17, 15) is 0 Å². The van der Waals surface area contributed by atoms with Gasteiger partial charge in [0.15, 0.2) is 0 Å². The number of benzene rings is 2. The minimum atomic E-state index is 1.02. The highest BCUT2D eigenvalue weighted by Crippen LogP contribution is 2.28. The van der Waals surface area contributed by atoms with Crippen molar-refractivity contribution < 1.29 is 0 Å². The molecule has 2 nitrogen and oxygen atoms in total. The Hall–Kier alpha value is -2.35. The van der Waals surface area contributed by atoms with Gasteiger partial charge >= 0.3 is 0 Å². The first-order valence-electron chi connectivity index (χ1n) is 7.94. The predicted molar refractivity (Wildman–Crippen MR) is 95.5 cm³/mol. The normalized spacial score (nSPS) is 10.9. The molecule has 2 aromatic carbocycles. The van der Waals surface area contributed by atoms with E-state index < -0.39 is 0 Å². The molecule has 0 atom stereocenters. The van der Waals surface area contributed by atoms with Gasteiger partial charge in [0.05, 0.1) is 11.2 Å². The molecule has 0 bridgehead atoms. The summed E-state index contributed by atoms with van der Waals surface area (Å²) in [4.78, 5) is 7.20. The van der Waals surface area contributed by atoms with Crippen molar-refractivity contribution in [3.05, 3.63) is 60.2 Å². The van der Waals surface area contributed by atoms with E-state index >= 15 is 0 Å². The minimum Gasteiger partial charge on any atom is -0.372 e. The van der Waals surface area contributed by atoms with Crippen LogP contribution in [0.2, 0.25) is 0 Å². The molecule has 0 N–H and O–H groups in total. The summed E-state index contributed by atoms with van der Waals surface area (Å²) < 4.78 is 0. The molecule has 0 aliphatic rings. The molecular formula is C20H22N2. The van der Waals surface area contributed by atoms with Crippen LogP contribution in [0.25, 0.3) is 22.2 Å². The largest absolute Gasteiger partial charge is 0.372 e. The van der Waals surface area contributed by atoms with Gasteiger partial charge in [-0.05, 0) is 50.6 Å². The van der Waals surface area contributed by atoms with Crippen LogP contribution in [0, 0.1) is 6.92 Å². The highest BCUT2D eigenvalue weighted by molar-refractivity contribution is 5.82. The van der Waals surface area contributed by atoms with Gasteiger partial charge in [0.1, 0.15) is 0 Å². The summed E-state index contributed by atoms with van der Waals surface area (Å²) in [6, 6.07) is 19.2. The molecule has 1 heterocycles. The zero-order valence-electron chi connectivity index (χ0n) is 13.5. The molecule has 0 aliphatic heterocycles. The van der Waals surface area contributed by atoms with Crippen LogP contribution in [0.5, 0.6) is 0 Å². The van der Waals surface area contributed by atoms with Gasteiger partial charge in [-0.25, -0.2) is 4.98 Å². The van der Waals surface area contributed by atoms with E-state index in [0.717, 1.165) is 24.3 Å². The summed E-state index contributed by atoms with van der Waals surface area (Å²) >= 11 is 0. The summed E-state index contributed by atoms with van der Waals surface area (Å²) in [7, 11) is 0. The second-order valence-corrected chi connectivity index (χ2v) is 5.56. The lowest BCUT2D eigenvalue weighted by molar-refractivity contribution is 0.866. The lowest BCUT2D eigenvalue weighted by Gasteiger charge is -2.22. The smallest absolute Gasteiger partial charge is 0.0713 e. The molecule has 3 rings (SSSR count). The van der Waals surface area contributed by atoms with Crippen LogP contribution in [-0.2, 0) is 0 Å². The van der Waals surface area contributed by atoms with Crippen molar-refractivity contribution in [2.45, 2.75) is 20.8 Å². The monoisotopic (exact) mass is 290 g/mol. The second kappa shape index (κ2) is 6.18. The fourth-order valence-corrected chi connectivity index (χ4v) is 2.89. The summed E-state index contributed by atoms with van der Waals surface area (Å²) in [5, 5.41) is 1.18. The summed E-state index contributed by atoms with van der Waals surface area (Å²) in [5.74, 6) is 0. The van der Waals surface area contributed by atoms with Crippen LogP contribution in [-0.4, -0.2) is 18.1 Å². The van der Waals surface area contributed by atoms with E-state index in [0.29, 0.717) is 0 Å². The molecule has 0 aliphatic carbocycles. The molecule has 22 heavy (non-hydrogen) atoms. The zero-order chi connectivity index (χ0) is 15.5. The Balaban J connectivity index is 2.10. The Morgan fingerprint density at radius 2 is 1.68 bits per heavy atom. The molecule has 0 spiro atoms. The number of hydrogen-bond acceptors (Lipinski definition) is 2. The predicted octanol–water partition coefficient (Wildman–Crippen LogP) is 5.06. The van der Waals surface area contributed by atoms with Crippen LogP contribution >= 0.6 is 0 Å². The third kappa shape index (κ3) is 2.69. The first-order valence-corrected chi connectivity index (χ1v) is 7.94. The topological polar surface area (TPSA) is 16.1 Å². The van der Waals surface area contributed by atoms with Gasteiger partial charge in [-0.3, -0.25) is 0 Å². The highest BCUT2D eigenvalue weighted by atomic mass is 15.1. The van der Waals surface area contributed by atoms with E-state index in [-0.39, 0.29) is 0 Å². The minimum absolute atomic E-state index is 1.02. The second-order valence-electron chi connectivity index (χ2n) is 5.56. The van der Waals surface area contributed by atoms with Crippen molar-refractivity contribution in [2.75, 3.05) is 18.0 Å². The molecule has 0 saturated carbocycles. The molecule has 2 heteroatoms. The average molecular weight is 290 g/mol. The van der Waals surface area contributed by atoms with Crippen molar-refractivity contribution in [1.82, 2.24) is 4.98 Å². The van der Waals surface area contributed by atoms with Gasteiger partial charge in [-0.1, -0.05) is 30.3 Å². The first kappa shape index (κ1) is 14.6. The number of anilines is 1. The van der Waals surface area contributed by atoms with Crippen LogP contribution in [0.3, 0.4) is 0 Å². The van der Waals surface area contributed by atoms with Gasteiger partial charge in [0, 0.05) is 29.7 Å². The molecule has 0 saturated heterocycles. The third-order valence-corrected chi connectivity index (χ3v) is 4.22. The Bertz CT molecular complexity index is 789. The Morgan fingerprint density at radius 1 is 0.909 bits per heavy atom. The molecule has 3 aromatic rings. The lowest BCUT2D eigenvalue weighted by atomic mass is 10.0. The van der Waals surface area contributed by atoms with Crippen LogP contribution in [0.4, 0.5) is 5.69 Å². The SMILES string of the molecule is CCN(CC)c1ccc(C)c(-c2ccc3ccccc3n2)c1. The molecule has 0 unspecified atom stereocenters. The number of pyridine rings is 1. The maximum absolute atomic E-state index is 4.84. The Kier molecular flexibility index (Phi) is 4.10. The molecule has 0 radical (unpaired) electrons. The van der Waals surface area contributed by atoms with Crippen LogP contribution < -0.4 is 4.90 Å². The average Bonchev–Trinajstić information content (AvgIpc) is 2.57. The Labute approximate surface area is 132 Å². The maximum Gasteiger partial charge on any atom is 0.0713 e. The lowest BCUT2D eigenvalue weighted by Crippen LogP contribution is -2.21. The summed E-state index contributed by atoms with van der Waals surface area (Å²) in [6.45, 7) is 8.57. The van der Waals surface area contributed by atoms with Crippen molar-refractivity contribution in [3.8, 4) is 11.3 Å². The van der Waals surface area contributed by atoms with Gasteiger partial charge in [0.2, 0.25) is 0 Å². The van der Waals surface area contributed by atoms with E-state index in [1.165, 1.54) is 22.2 Å². The fraction of sp³-hybridized carbons (Fsp3) is 0.250. The molecular weight excluding hydrogens is 268 g/mol. The van der Waals surface area contributed by atoms with E-state index in [2.05, 4.69) is 74.2 Å². The standard InChI is InChI=1S/C20H22N2/c1-4-22(5-2)17-12-10-15(3)18(14-17)20-13-11-16-8-6-7-9-19(16)21-20/h6-14H,4-5H2,1-3H3. The number of para-hydroxylation sites is 1. The number of aryl methyl sites for hydroxylation is 1. The van der Waals surface area contributed by atoms with Gasteiger partial charge in [0.25, 0.3) is 0 Å². The van der Waals surface area contributed by atoms with Crippen molar-refractivity contribution in [2.24, 2.45) is 0 Å². The van der Waals surface area contributed by atoms with Crippen LogP contribution in [0.15, 0.2) is 54.6 Å². The highest BCUT2D eigenvalue weighted by Gasteiger charge is 2.08. The van der Waals surface area contributed by atoms with E-state index in [1.54, 1.807) is 0 Å². The fourth-order valence-electron chi connectivity index (χ4n) is 2.89. The molecule has 0 fully saturated rings. The first-order chi connectivity index (χ1) is 10.7. The Morgan fingerprint density at radius 3 is 2.45 bits per heavy atom. The molecule has 0 amide bonds.